The number of carbonyl (C=O) groups excluding carboxylic acids is 2. The molecule has 3 aromatic carbocycles. The van der Waals surface area contributed by atoms with Crippen molar-refractivity contribution in [2.45, 2.75) is 32.4 Å². The van der Waals surface area contributed by atoms with Gasteiger partial charge in [-0.25, -0.2) is 14.8 Å². The third kappa shape index (κ3) is 6.29. The highest BCUT2D eigenvalue weighted by Crippen LogP contribution is 2.30. The van der Waals surface area contributed by atoms with E-state index in [1.807, 2.05) is 13.1 Å². The van der Waals surface area contributed by atoms with Gasteiger partial charge in [0.2, 0.25) is 5.91 Å². The molecule has 43 heavy (non-hydrogen) atoms. The first kappa shape index (κ1) is 28.2. The molecule has 0 radical (unpaired) electrons. The number of carbonyl (C=O) groups is 2. The molecule has 10 nitrogen and oxygen atoms in total. The van der Waals surface area contributed by atoms with Crippen LogP contribution in [0.2, 0.25) is 0 Å². The molecule has 5 aromatic rings. The Morgan fingerprint density at radius 2 is 1.56 bits per heavy atom. The van der Waals surface area contributed by atoms with Crippen LogP contribution in [0.1, 0.15) is 37.5 Å². The van der Waals surface area contributed by atoms with Gasteiger partial charge in [-0.15, -0.1) is 0 Å². The first-order valence-corrected chi connectivity index (χ1v) is 14.6. The Morgan fingerprint density at radius 3 is 2.26 bits per heavy atom. The summed E-state index contributed by atoms with van der Waals surface area (Å²) in [5.41, 5.74) is 6.35. The minimum Gasteiger partial charge on any atom is -0.453 e. The lowest BCUT2D eigenvalue weighted by atomic mass is 9.98. The molecule has 1 atom stereocenters. The Hall–Kier alpha value is -4.96. The minimum atomic E-state index is -0.632. The predicted octanol–water partition coefficient (Wildman–Crippen LogP) is 5.42. The van der Waals surface area contributed by atoms with Gasteiger partial charge in [-0.3, -0.25) is 4.79 Å². The van der Waals surface area contributed by atoms with E-state index in [1.165, 1.54) is 7.11 Å². The molecule has 1 aliphatic heterocycles. The van der Waals surface area contributed by atoms with E-state index in [0.29, 0.717) is 25.0 Å². The van der Waals surface area contributed by atoms with Crippen molar-refractivity contribution < 1.29 is 14.3 Å². The van der Waals surface area contributed by atoms with Gasteiger partial charge >= 0.3 is 6.09 Å². The topological polar surface area (TPSA) is 128 Å². The quantitative estimate of drug-likeness (QED) is 0.176. The summed E-state index contributed by atoms with van der Waals surface area (Å²) in [6.45, 7) is 3.81. The molecule has 4 N–H and O–H groups in total. The molecule has 2 amide bonds. The SMILES string of the molecule is CCCN(Cc1ncc(-c2ccc3cc(-c4ccc(-c5cnc(C6CCN6)[nH]5)cc4)ccc3c2)[nH]1)C(=O)CNC(=O)OC. The molecular formula is C33H35N7O3. The molecular weight excluding hydrogens is 542 g/mol. The second-order valence-corrected chi connectivity index (χ2v) is 10.7. The fourth-order valence-electron chi connectivity index (χ4n) is 5.28. The fourth-order valence-corrected chi connectivity index (χ4v) is 5.28. The second-order valence-electron chi connectivity index (χ2n) is 10.7. The molecule has 0 spiro atoms. The third-order valence-electron chi connectivity index (χ3n) is 7.81. The predicted molar refractivity (Wildman–Crippen MR) is 166 cm³/mol. The van der Waals surface area contributed by atoms with Gasteiger partial charge in [0.05, 0.1) is 43.5 Å². The number of ether oxygens (including phenoxy) is 1. The number of fused-ring (bicyclic) bond motifs is 1. The van der Waals surface area contributed by atoms with E-state index in [0.717, 1.165) is 69.6 Å². The van der Waals surface area contributed by atoms with E-state index in [9.17, 15) is 9.59 Å². The van der Waals surface area contributed by atoms with E-state index in [4.69, 9.17) is 0 Å². The summed E-state index contributed by atoms with van der Waals surface area (Å²) < 4.78 is 4.56. The van der Waals surface area contributed by atoms with Crippen molar-refractivity contribution in [1.29, 1.82) is 0 Å². The molecule has 2 aromatic heterocycles. The molecule has 1 saturated heterocycles. The van der Waals surface area contributed by atoms with Crippen molar-refractivity contribution >= 4 is 22.8 Å². The van der Waals surface area contributed by atoms with Crippen molar-refractivity contribution in [3.8, 4) is 33.6 Å². The Bertz CT molecular complexity index is 1740. The first-order chi connectivity index (χ1) is 21.0. The number of hydrogen-bond acceptors (Lipinski definition) is 6. The molecule has 1 unspecified atom stereocenters. The number of nitrogens with one attached hydrogen (secondary N) is 4. The molecule has 220 valence electrons. The van der Waals surface area contributed by atoms with Gasteiger partial charge in [-0.1, -0.05) is 55.5 Å². The van der Waals surface area contributed by atoms with Crippen molar-refractivity contribution in [2.75, 3.05) is 26.7 Å². The van der Waals surface area contributed by atoms with Crippen LogP contribution in [0.4, 0.5) is 4.79 Å². The number of rotatable bonds is 10. The largest absolute Gasteiger partial charge is 0.453 e. The lowest BCUT2D eigenvalue weighted by molar-refractivity contribution is -0.130. The first-order valence-electron chi connectivity index (χ1n) is 14.6. The summed E-state index contributed by atoms with van der Waals surface area (Å²) >= 11 is 0. The zero-order valence-corrected chi connectivity index (χ0v) is 24.3. The summed E-state index contributed by atoms with van der Waals surface area (Å²) in [6.07, 6.45) is 4.98. The zero-order chi connectivity index (χ0) is 29.8. The Balaban J connectivity index is 1.14. The fraction of sp³-hybridized carbons (Fsp3) is 0.273. The maximum Gasteiger partial charge on any atom is 0.407 e. The van der Waals surface area contributed by atoms with Crippen LogP contribution in [0.15, 0.2) is 73.1 Å². The summed E-state index contributed by atoms with van der Waals surface area (Å²) in [5.74, 6) is 1.49. The summed E-state index contributed by atoms with van der Waals surface area (Å²) in [7, 11) is 1.27. The number of methoxy groups -OCH3 is 1. The van der Waals surface area contributed by atoms with Crippen molar-refractivity contribution in [3.05, 3.63) is 84.7 Å². The van der Waals surface area contributed by atoms with Crippen LogP contribution in [0.5, 0.6) is 0 Å². The number of aromatic amines is 2. The maximum absolute atomic E-state index is 12.6. The average molecular weight is 578 g/mol. The second kappa shape index (κ2) is 12.5. The Kier molecular flexibility index (Phi) is 8.19. The van der Waals surface area contributed by atoms with Crippen LogP contribution < -0.4 is 10.6 Å². The van der Waals surface area contributed by atoms with Crippen LogP contribution in [-0.2, 0) is 16.1 Å². The van der Waals surface area contributed by atoms with E-state index in [1.54, 1.807) is 11.1 Å². The van der Waals surface area contributed by atoms with E-state index in [-0.39, 0.29) is 12.5 Å². The highest BCUT2D eigenvalue weighted by atomic mass is 16.5. The summed E-state index contributed by atoms with van der Waals surface area (Å²) in [6, 6.07) is 21.7. The van der Waals surface area contributed by atoms with E-state index < -0.39 is 6.09 Å². The van der Waals surface area contributed by atoms with Crippen LogP contribution in [-0.4, -0.2) is 63.6 Å². The number of nitrogens with zero attached hydrogens (tertiary/aromatic N) is 3. The zero-order valence-electron chi connectivity index (χ0n) is 24.3. The normalized spacial score (nSPS) is 14.3. The Morgan fingerprint density at radius 1 is 0.907 bits per heavy atom. The van der Waals surface area contributed by atoms with Gasteiger partial charge in [0.25, 0.3) is 0 Å². The number of H-pyrrole nitrogens is 2. The van der Waals surface area contributed by atoms with E-state index in [2.05, 4.69) is 96.0 Å². The number of alkyl carbamates (subject to hydrolysis) is 1. The van der Waals surface area contributed by atoms with Gasteiger partial charge < -0.3 is 30.2 Å². The standard InChI is InChI=1S/C33H35N7O3/c1-3-14-40(31(41)19-37-33(42)43-2)20-30-35-17-29(38-30)26-11-10-24-15-23(8-9-25(24)16-26)21-4-6-22(7-5-21)28-18-36-32(39-28)27-12-13-34-27/h4-11,15-18,27,34H,3,12-14,19-20H2,1-2H3,(H,35,38)(H,36,39)(H,37,42). The van der Waals surface area contributed by atoms with Gasteiger partial charge in [0, 0.05) is 12.1 Å². The van der Waals surface area contributed by atoms with Crippen LogP contribution in [0.25, 0.3) is 44.4 Å². The van der Waals surface area contributed by atoms with Gasteiger partial charge in [-0.2, -0.15) is 0 Å². The highest BCUT2D eigenvalue weighted by molar-refractivity contribution is 5.90. The average Bonchev–Trinajstić information content (AvgIpc) is 3.68. The number of aromatic nitrogens is 4. The van der Waals surface area contributed by atoms with Crippen LogP contribution in [0, 0.1) is 0 Å². The molecule has 0 bridgehead atoms. The molecule has 10 heteroatoms. The van der Waals surface area contributed by atoms with Gasteiger partial charge in [-0.05, 0) is 59.0 Å². The van der Waals surface area contributed by atoms with Crippen LogP contribution in [0.3, 0.4) is 0 Å². The monoisotopic (exact) mass is 577 g/mol. The molecule has 1 aliphatic rings. The van der Waals surface area contributed by atoms with Crippen molar-refractivity contribution in [2.24, 2.45) is 0 Å². The molecule has 0 aliphatic carbocycles. The molecule has 1 fully saturated rings. The summed E-state index contributed by atoms with van der Waals surface area (Å²) in [4.78, 5) is 41.5. The third-order valence-corrected chi connectivity index (χ3v) is 7.81. The maximum atomic E-state index is 12.6. The smallest absolute Gasteiger partial charge is 0.407 e. The number of hydrogen-bond donors (Lipinski definition) is 4. The minimum absolute atomic E-state index is 0.125. The highest BCUT2D eigenvalue weighted by Gasteiger charge is 2.21. The van der Waals surface area contributed by atoms with Crippen molar-refractivity contribution in [1.82, 2.24) is 35.5 Å². The lowest BCUT2D eigenvalue weighted by Crippen LogP contribution is -2.40. The molecule has 3 heterocycles. The number of amides is 2. The molecule has 0 saturated carbocycles. The van der Waals surface area contributed by atoms with Gasteiger partial charge in [0.15, 0.2) is 0 Å². The molecule has 6 rings (SSSR count). The Labute approximate surface area is 249 Å². The van der Waals surface area contributed by atoms with Crippen molar-refractivity contribution in [3.63, 3.8) is 0 Å². The van der Waals surface area contributed by atoms with E-state index >= 15 is 0 Å². The number of imidazole rings is 2. The summed E-state index contributed by atoms with van der Waals surface area (Å²) in [5, 5.41) is 8.10. The number of benzene rings is 3. The lowest BCUT2D eigenvalue weighted by Gasteiger charge is -2.25. The van der Waals surface area contributed by atoms with Crippen LogP contribution >= 0.6 is 0 Å². The van der Waals surface area contributed by atoms with Gasteiger partial charge in [0.1, 0.15) is 18.2 Å².